The Morgan fingerprint density at radius 3 is 2.33 bits per heavy atom. The topological polar surface area (TPSA) is 37.4 Å². The van der Waals surface area contributed by atoms with E-state index in [1.54, 1.807) is 16.4 Å². The number of piperidine rings is 1. The van der Waals surface area contributed by atoms with Gasteiger partial charge < -0.3 is 0 Å². The Labute approximate surface area is 165 Å². The summed E-state index contributed by atoms with van der Waals surface area (Å²) in [6.45, 7) is 2.52. The number of nitrogens with zero attached hydrogens (tertiary/aromatic N) is 1. The van der Waals surface area contributed by atoms with E-state index in [0.717, 1.165) is 28.4 Å². The van der Waals surface area contributed by atoms with Crippen LogP contribution in [0.3, 0.4) is 0 Å². The van der Waals surface area contributed by atoms with E-state index >= 15 is 0 Å². The number of halogens is 2. The SMILES string of the molecule is Cc1ccc(S(=O)(=O)N2CC[C@H](I)C[C@H]2c2ccc(Br)cc2)cc1. The van der Waals surface area contributed by atoms with Crippen molar-refractivity contribution >= 4 is 48.5 Å². The Bertz CT molecular complexity index is 806. The van der Waals surface area contributed by atoms with Crippen molar-refractivity contribution < 1.29 is 8.42 Å². The Morgan fingerprint density at radius 1 is 1.08 bits per heavy atom. The molecule has 2 aromatic rings. The van der Waals surface area contributed by atoms with Gasteiger partial charge in [0.25, 0.3) is 0 Å². The van der Waals surface area contributed by atoms with Crippen LogP contribution in [0, 0.1) is 6.92 Å². The van der Waals surface area contributed by atoms with E-state index < -0.39 is 10.0 Å². The molecule has 0 spiro atoms. The molecule has 0 aromatic heterocycles. The zero-order chi connectivity index (χ0) is 17.3. The Hall–Kier alpha value is -0.440. The van der Waals surface area contributed by atoms with Crippen LogP contribution in [0.25, 0.3) is 0 Å². The highest BCUT2D eigenvalue weighted by atomic mass is 127. The second-order valence-corrected chi connectivity index (χ2v) is 10.7. The first-order chi connectivity index (χ1) is 11.4. The second kappa shape index (κ2) is 7.43. The van der Waals surface area contributed by atoms with Gasteiger partial charge in [-0.25, -0.2) is 8.42 Å². The number of benzene rings is 2. The summed E-state index contributed by atoms with van der Waals surface area (Å²) < 4.78 is 29.5. The summed E-state index contributed by atoms with van der Waals surface area (Å²) in [4.78, 5) is 0.377. The van der Waals surface area contributed by atoms with Gasteiger partial charge in [0.05, 0.1) is 10.9 Å². The van der Waals surface area contributed by atoms with Crippen molar-refractivity contribution in [1.82, 2.24) is 4.31 Å². The predicted octanol–water partition coefficient (Wildman–Crippen LogP) is 5.09. The summed E-state index contributed by atoms with van der Waals surface area (Å²) >= 11 is 5.88. The van der Waals surface area contributed by atoms with Crippen molar-refractivity contribution in [3.63, 3.8) is 0 Å². The van der Waals surface area contributed by atoms with Gasteiger partial charge in [0, 0.05) is 14.9 Å². The van der Waals surface area contributed by atoms with Crippen LogP contribution in [-0.4, -0.2) is 23.2 Å². The molecule has 1 aliphatic rings. The minimum Gasteiger partial charge on any atom is -0.207 e. The first-order valence-corrected chi connectivity index (χ1v) is 11.3. The molecule has 2 atom stereocenters. The summed E-state index contributed by atoms with van der Waals surface area (Å²) in [6, 6.07) is 15.0. The first-order valence-electron chi connectivity index (χ1n) is 7.86. The molecular weight excluding hydrogens is 501 g/mol. The largest absolute Gasteiger partial charge is 0.243 e. The summed E-state index contributed by atoms with van der Waals surface area (Å²) in [6.07, 6.45) is 1.73. The molecule has 1 heterocycles. The average Bonchev–Trinajstić information content (AvgIpc) is 2.55. The van der Waals surface area contributed by atoms with E-state index in [1.807, 2.05) is 43.3 Å². The van der Waals surface area contributed by atoms with E-state index in [-0.39, 0.29) is 6.04 Å². The minimum atomic E-state index is -3.49. The van der Waals surface area contributed by atoms with E-state index in [1.165, 1.54) is 0 Å². The van der Waals surface area contributed by atoms with Crippen LogP contribution in [0.2, 0.25) is 0 Å². The van der Waals surface area contributed by atoms with Crippen LogP contribution in [0.15, 0.2) is 57.9 Å². The fourth-order valence-electron chi connectivity index (χ4n) is 3.02. The molecule has 0 radical (unpaired) electrons. The summed E-state index contributed by atoms with van der Waals surface area (Å²) in [5.74, 6) is 0. The number of hydrogen-bond donors (Lipinski definition) is 0. The summed E-state index contributed by atoms with van der Waals surface area (Å²) in [5.41, 5.74) is 2.11. The molecule has 128 valence electrons. The highest BCUT2D eigenvalue weighted by Gasteiger charge is 2.36. The molecule has 0 unspecified atom stereocenters. The van der Waals surface area contributed by atoms with Crippen LogP contribution < -0.4 is 0 Å². The van der Waals surface area contributed by atoms with Gasteiger partial charge in [-0.1, -0.05) is 68.3 Å². The highest BCUT2D eigenvalue weighted by molar-refractivity contribution is 14.1. The van der Waals surface area contributed by atoms with Gasteiger partial charge in [-0.2, -0.15) is 4.31 Å². The lowest BCUT2D eigenvalue weighted by atomic mass is 9.97. The number of rotatable bonds is 3. The van der Waals surface area contributed by atoms with Gasteiger partial charge >= 0.3 is 0 Å². The van der Waals surface area contributed by atoms with Crippen molar-refractivity contribution in [3.05, 3.63) is 64.1 Å². The van der Waals surface area contributed by atoms with Crippen molar-refractivity contribution in [2.45, 2.75) is 34.6 Å². The molecule has 0 bridgehead atoms. The molecule has 1 saturated heterocycles. The lowest BCUT2D eigenvalue weighted by molar-refractivity contribution is 0.265. The van der Waals surface area contributed by atoms with Crippen LogP contribution in [0.5, 0.6) is 0 Å². The molecule has 0 aliphatic carbocycles. The lowest BCUT2D eigenvalue weighted by Crippen LogP contribution is -2.41. The fraction of sp³-hybridized carbons (Fsp3) is 0.333. The number of sulfonamides is 1. The lowest BCUT2D eigenvalue weighted by Gasteiger charge is -2.37. The Balaban J connectivity index is 1.99. The third-order valence-corrected chi connectivity index (χ3v) is 7.95. The normalized spacial score (nSPS) is 22.5. The maximum Gasteiger partial charge on any atom is 0.243 e. The van der Waals surface area contributed by atoms with Gasteiger partial charge in [0.2, 0.25) is 10.0 Å². The van der Waals surface area contributed by atoms with E-state index in [0.29, 0.717) is 15.4 Å². The molecule has 0 saturated carbocycles. The Kier molecular flexibility index (Phi) is 5.68. The zero-order valence-electron chi connectivity index (χ0n) is 13.3. The quantitative estimate of drug-likeness (QED) is 0.418. The molecular formula is C18H19BrINO2S. The van der Waals surface area contributed by atoms with Crippen LogP contribution >= 0.6 is 38.5 Å². The molecule has 2 aromatic carbocycles. The molecule has 1 aliphatic heterocycles. The van der Waals surface area contributed by atoms with Gasteiger partial charge in [0.15, 0.2) is 0 Å². The van der Waals surface area contributed by atoms with Crippen LogP contribution in [-0.2, 0) is 10.0 Å². The monoisotopic (exact) mass is 519 g/mol. The molecule has 3 rings (SSSR count). The van der Waals surface area contributed by atoms with E-state index in [9.17, 15) is 8.42 Å². The number of hydrogen-bond acceptors (Lipinski definition) is 2. The first kappa shape index (κ1) is 18.4. The molecule has 24 heavy (non-hydrogen) atoms. The molecule has 0 N–H and O–H groups in total. The van der Waals surface area contributed by atoms with Crippen molar-refractivity contribution in [1.29, 1.82) is 0 Å². The fourth-order valence-corrected chi connectivity index (χ4v) is 5.69. The second-order valence-electron chi connectivity index (χ2n) is 6.12. The maximum absolute atomic E-state index is 13.2. The smallest absolute Gasteiger partial charge is 0.207 e. The van der Waals surface area contributed by atoms with Gasteiger partial charge in [-0.15, -0.1) is 0 Å². The summed E-state index contributed by atoms with van der Waals surface area (Å²) in [7, 11) is -3.49. The van der Waals surface area contributed by atoms with Crippen LogP contribution in [0.1, 0.15) is 30.0 Å². The molecule has 6 heteroatoms. The molecule has 3 nitrogen and oxygen atoms in total. The standard InChI is InChI=1S/C18H19BrINO2S/c1-13-2-8-17(9-3-13)24(22,23)21-11-10-16(20)12-18(21)14-4-6-15(19)7-5-14/h2-9,16,18H,10-12H2,1H3/t16-,18-/m0/s1. The van der Waals surface area contributed by atoms with E-state index in [4.69, 9.17) is 0 Å². The van der Waals surface area contributed by atoms with Crippen molar-refractivity contribution in [3.8, 4) is 0 Å². The molecule has 0 amide bonds. The minimum absolute atomic E-state index is 0.111. The van der Waals surface area contributed by atoms with Crippen molar-refractivity contribution in [2.75, 3.05) is 6.54 Å². The van der Waals surface area contributed by atoms with Gasteiger partial charge in [0.1, 0.15) is 0 Å². The number of aryl methyl sites for hydroxylation is 1. The average molecular weight is 520 g/mol. The maximum atomic E-state index is 13.2. The predicted molar refractivity (Wildman–Crippen MR) is 109 cm³/mol. The third-order valence-electron chi connectivity index (χ3n) is 4.37. The Morgan fingerprint density at radius 2 is 1.71 bits per heavy atom. The highest BCUT2D eigenvalue weighted by Crippen LogP contribution is 2.38. The third kappa shape index (κ3) is 3.86. The molecule has 1 fully saturated rings. The summed E-state index contributed by atoms with van der Waals surface area (Å²) in [5, 5.41) is 0. The van der Waals surface area contributed by atoms with Crippen molar-refractivity contribution in [2.24, 2.45) is 0 Å². The van der Waals surface area contributed by atoms with Crippen LogP contribution in [0.4, 0.5) is 0 Å². The van der Waals surface area contributed by atoms with E-state index in [2.05, 4.69) is 38.5 Å². The number of alkyl halides is 1. The zero-order valence-corrected chi connectivity index (χ0v) is 17.9. The van der Waals surface area contributed by atoms with Gasteiger partial charge in [-0.3, -0.25) is 0 Å². The van der Waals surface area contributed by atoms with Gasteiger partial charge in [-0.05, 0) is 49.6 Å².